The van der Waals surface area contributed by atoms with Crippen molar-refractivity contribution in [1.82, 2.24) is 9.78 Å². The van der Waals surface area contributed by atoms with Crippen LogP contribution in [-0.2, 0) is 0 Å². The molecule has 0 aromatic carbocycles. The predicted octanol–water partition coefficient (Wildman–Crippen LogP) is 0.979. The van der Waals surface area contributed by atoms with Crippen molar-refractivity contribution >= 4 is 5.91 Å². The minimum atomic E-state index is -0.00620. The fourth-order valence-electron chi connectivity index (χ4n) is 0.620. The minimum Gasteiger partial charge on any atom is -0.272 e. The van der Waals surface area contributed by atoms with Crippen molar-refractivity contribution < 1.29 is 4.79 Å². The highest BCUT2D eigenvalue weighted by molar-refractivity contribution is 5.79. The second-order valence-electron chi connectivity index (χ2n) is 2.38. The summed E-state index contributed by atoms with van der Waals surface area (Å²) in [4.78, 5) is 11.1. The average molecular weight is 137 g/mol. The van der Waals surface area contributed by atoms with Crippen LogP contribution in [0.2, 0.25) is 0 Å². The summed E-state index contributed by atoms with van der Waals surface area (Å²) >= 11 is 0. The Balaban J connectivity index is 2.78. The average Bonchev–Trinajstić information content (AvgIpc) is 2.36. The molecule has 0 atom stereocenters. The van der Waals surface area contributed by atoms with Gasteiger partial charge in [0.25, 0.3) is 0 Å². The molecule has 1 rings (SSSR count). The number of carbonyl (C=O) groups is 1. The molecule has 0 aliphatic carbocycles. The van der Waals surface area contributed by atoms with Crippen LogP contribution in [-0.4, -0.2) is 15.7 Å². The normalized spacial score (nSPS) is 10.3. The molecule has 0 fully saturated rings. The zero-order valence-corrected chi connectivity index (χ0v) is 6.03. The van der Waals surface area contributed by atoms with Gasteiger partial charge in [-0.2, -0.15) is 5.10 Å². The number of hydrogen-bond donors (Lipinski definition) is 0. The van der Waals surface area contributed by atoms with Crippen LogP contribution in [0.5, 0.6) is 0 Å². The van der Waals surface area contributed by atoms with Crippen LogP contribution in [0.1, 0.15) is 18.6 Å². The molecule has 0 aliphatic heterocycles. The summed E-state index contributed by atoms with van der Waals surface area (Å²) in [5, 5.41) is 3.68. The van der Waals surface area contributed by atoms with Crippen LogP contribution in [0.3, 0.4) is 0 Å². The van der Waals surface area contributed by atoms with Crippen LogP contribution in [0.15, 0.2) is 12.3 Å². The van der Waals surface area contributed by atoms with Crippen molar-refractivity contribution in [2.24, 2.45) is 5.92 Å². The van der Waals surface area contributed by atoms with Crippen molar-refractivity contribution in [2.45, 2.75) is 13.8 Å². The third kappa shape index (κ3) is 1.23. The smallest absolute Gasteiger partial charge is 0.249 e. The van der Waals surface area contributed by atoms with Gasteiger partial charge in [0.2, 0.25) is 5.91 Å². The summed E-state index contributed by atoms with van der Waals surface area (Å²) in [6.07, 6.45) is 4.16. The molecule has 0 saturated heterocycles. The second kappa shape index (κ2) is 2.64. The summed E-state index contributed by atoms with van der Waals surface area (Å²) in [6, 6.07) is 1.61. The van der Waals surface area contributed by atoms with E-state index in [9.17, 15) is 4.79 Å². The molecule has 3 heteroatoms. The van der Waals surface area contributed by atoms with Gasteiger partial charge < -0.3 is 0 Å². The molecule has 0 unspecified atom stereocenters. The lowest BCUT2D eigenvalue weighted by Crippen LogP contribution is -2.16. The molecule has 1 radical (unpaired) electrons. The summed E-state index contributed by atoms with van der Waals surface area (Å²) in [5.74, 6) is -0.00505. The predicted molar refractivity (Wildman–Crippen MR) is 36.5 cm³/mol. The quantitative estimate of drug-likeness (QED) is 0.578. The lowest BCUT2D eigenvalue weighted by atomic mass is 10.2. The molecule has 1 aromatic rings. The monoisotopic (exact) mass is 137 g/mol. The summed E-state index contributed by atoms with van der Waals surface area (Å²) < 4.78 is 1.30. The highest BCUT2D eigenvalue weighted by Crippen LogP contribution is 1.96. The zero-order valence-electron chi connectivity index (χ0n) is 6.03. The van der Waals surface area contributed by atoms with Crippen molar-refractivity contribution in [3.05, 3.63) is 18.5 Å². The maximum Gasteiger partial charge on any atom is 0.249 e. The van der Waals surface area contributed by atoms with Gasteiger partial charge in [0, 0.05) is 12.1 Å². The maximum absolute atomic E-state index is 11.1. The second-order valence-corrected chi connectivity index (χ2v) is 2.38. The molecular formula is C7H9N2O. The van der Waals surface area contributed by atoms with Gasteiger partial charge in [-0.25, -0.2) is 4.68 Å². The van der Waals surface area contributed by atoms with Crippen molar-refractivity contribution in [2.75, 3.05) is 0 Å². The number of nitrogens with zero attached hydrogens (tertiary/aromatic N) is 2. The van der Waals surface area contributed by atoms with E-state index < -0.39 is 0 Å². The van der Waals surface area contributed by atoms with Crippen LogP contribution < -0.4 is 0 Å². The first-order valence-electron chi connectivity index (χ1n) is 3.17. The van der Waals surface area contributed by atoms with Gasteiger partial charge in [-0.15, -0.1) is 0 Å². The van der Waals surface area contributed by atoms with E-state index in [0.717, 1.165) is 0 Å². The number of aromatic nitrogens is 2. The van der Waals surface area contributed by atoms with E-state index in [-0.39, 0.29) is 11.8 Å². The molecule has 10 heavy (non-hydrogen) atoms. The third-order valence-corrected chi connectivity index (χ3v) is 1.18. The minimum absolute atomic E-state index is 0.00116. The lowest BCUT2D eigenvalue weighted by Gasteiger charge is -2.01. The Morgan fingerprint density at radius 2 is 2.40 bits per heavy atom. The Bertz CT molecular complexity index is 214. The Morgan fingerprint density at radius 3 is 2.80 bits per heavy atom. The molecule has 0 aliphatic rings. The first kappa shape index (κ1) is 6.99. The van der Waals surface area contributed by atoms with Crippen LogP contribution in [0.25, 0.3) is 0 Å². The van der Waals surface area contributed by atoms with Gasteiger partial charge in [-0.05, 0) is 6.07 Å². The topological polar surface area (TPSA) is 34.9 Å². The van der Waals surface area contributed by atoms with E-state index in [1.54, 1.807) is 12.3 Å². The summed E-state index contributed by atoms with van der Waals surface area (Å²) in [5.41, 5.74) is 0. The third-order valence-electron chi connectivity index (χ3n) is 1.18. The van der Waals surface area contributed by atoms with Crippen molar-refractivity contribution in [3.63, 3.8) is 0 Å². The number of carbonyl (C=O) groups excluding carboxylic acids is 1. The van der Waals surface area contributed by atoms with Gasteiger partial charge in [-0.3, -0.25) is 4.79 Å². The van der Waals surface area contributed by atoms with E-state index in [2.05, 4.69) is 11.3 Å². The Hall–Kier alpha value is -1.12. The van der Waals surface area contributed by atoms with Crippen LogP contribution in [0.4, 0.5) is 0 Å². The number of rotatable bonds is 1. The maximum atomic E-state index is 11.1. The Morgan fingerprint density at radius 1 is 1.70 bits per heavy atom. The van der Waals surface area contributed by atoms with Gasteiger partial charge in [0.05, 0.1) is 0 Å². The highest BCUT2D eigenvalue weighted by atomic mass is 16.2. The standard InChI is InChI=1S/C7H9N2O/c1-6(2)7(10)9-5-3-4-8-9/h3,5-6H,1-2H3. The molecule has 0 N–H and O–H groups in total. The first-order valence-corrected chi connectivity index (χ1v) is 3.17. The zero-order chi connectivity index (χ0) is 7.56. The Labute approximate surface area is 59.7 Å². The van der Waals surface area contributed by atoms with Crippen molar-refractivity contribution in [1.29, 1.82) is 0 Å². The lowest BCUT2D eigenvalue weighted by molar-refractivity contribution is 0.0838. The molecule has 53 valence electrons. The summed E-state index contributed by atoms with van der Waals surface area (Å²) in [7, 11) is 0. The van der Waals surface area contributed by atoms with Crippen LogP contribution in [0, 0.1) is 12.1 Å². The molecule has 0 amide bonds. The SMILES string of the molecule is CC(C)C(=O)n1cc[c]n1. The van der Waals surface area contributed by atoms with Gasteiger partial charge in [-0.1, -0.05) is 13.8 Å². The molecule has 3 nitrogen and oxygen atoms in total. The molecule has 0 spiro atoms. The fraction of sp³-hybridized carbons (Fsp3) is 0.429. The fourth-order valence-corrected chi connectivity index (χ4v) is 0.620. The largest absolute Gasteiger partial charge is 0.272 e. The molecule has 0 saturated carbocycles. The van der Waals surface area contributed by atoms with Gasteiger partial charge >= 0.3 is 0 Å². The molecular weight excluding hydrogens is 128 g/mol. The van der Waals surface area contributed by atoms with Gasteiger partial charge in [0.1, 0.15) is 6.20 Å². The Kier molecular flexibility index (Phi) is 1.85. The van der Waals surface area contributed by atoms with E-state index in [1.807, 2.05) is 13.8 Å². The molecule has 1 heterocycles. The van der Waals surface area contributed by atoms with E-state index in [1.165, 1.54) is 4.68 Å². The molecule has 1 aromatic heterocycles. The van der Waals surface area contributed by atoms with E-state index in [0.29, 0.717) is 0 Å². The van der Waals surface area contributed by atoms with E-state index >= 15 is 0 Å². The van der Waals surface area contributed by atoms with Gasteiger partial charge in [0.15, 0.2) is 0 Å². The van der Waals surface area contributed by atoms with E-state index in [4.69, 9.17) is 0 Å². The number of hydrogen-bond acceptors (Lipinski definition) is 2. The molecule has 0 bridgehead atoms. The first-order chi connectivity index (χ1) is 4.72. The highest BCUT2D eigenvalue weighted by Gasteiger charge is 2.08. The summed E-state index contributed by atoms with van der Waals surface area (Å²) in [6.45, 7) is 3.67. The van der Waals surface area contributed by atoms with Crippen LogP contribution >= 0.6 is 0 Å². The van der Waals surface area contributed by atoms with Crippen molar-refractivity contribution in [3.8, 4) is 0 Å².